The van der Waals surface area contributed by atoms with Gasteiger partial charge in [-0.2, -0.15) is 11.3 Å². The summed E-state index contributed by atoms with van der Waals surface area (Å²) in [7, 11) is 0. The molecule has 2 atom stereocenters. The predicted octanol–water partition coefficient (Wildman–Crippen LogP) is 4.74. The lowest BCUT2D eigenvalue weighted by Gasteiger charge is -2.32. The first-order valence-electron chi connectivity index (χ1n) is 9.92. The summed E-state index contributed by atoms with van der Waals surface area (Å²) in [6, 6.07) is 2.07. The molecule has 0 aromatic carbocycles. The molecule has 0 saturated heterocycles. The molecule has 0 bridgehead atoms. The molecule has 1 N–H and O–H groups in total. The third-order valence-corrected chi connectivity index (χ3v) is 5.75. The SMILES string of the molecule is Cc1oc(-c2ccsc2)nc1CC(=O)N[C@H]1CCCC[C@@H]1OCCC(C)C. The summed E-state index contributed by atoms with van der Waals surface area (Å²) in [5.74, 6) is 1.92. The molecule has 5 nitrogen and oxygen atoms in total. The van der Waals surface area contributed by atoms with Crippen LogP contribution in [0.15, 0.2) is 21.2 Å². The first kappa shape index (κ1) is 20.1. The monoisotopic (exact) mass is 390 g/mol. The Kier molecular flexibility index (Phi) is 7.07. The zero-order chi connectivity index (χ0) is 19.2. The molecule has 27 heavy (non-hydrogen) atoms. The van der Waals surface area contributed by atoms with Gasteiger partial charge < -0.3 is 14.5 Å². The molecule has 3 rings (SSSR count). The van der Waals surface area contributed by atoms with Gasteiger partial charge in [-0.15, -0.1) is 0 Å². The molecule has 2 heterocycles. The highest BCUT2D eigenvalue weighted by Gasteiger charge is 2.27. The minimum Gasteiger partial charge on any atom is -0.441 e. The van der Waals surface area contributed by atoms with Crippen molar-refractivity contribution in [3.63, 3.8) is 0 Å². The fraction of sp³-hybridized carbons (Fsp3) is 0.619. The second kappa shape index (κ2) is 9.51. The summed E-state index contributed by atoms with van der Waals surface area (Å²) in [4.78, 5) is 17.1. The van der Waals surface area contributed by atoms with Crippen LogP contribution in [-0.4, -0.2) is 29.6 Å². The van der Waals surface area contributed by atoms with E-state index in [2.05, 4.69) is 24.1 Å². The van der Waals surface area contributed by atoms with Crippen molar-refractivity contribution < 1.29 is 13.9 Å². The third kappa shape index (κ3) is 5.66. The second-order valence-electron chi connectivity index (χ2n) is 7.76. The fourth-order valence-electron chi connectivity index (χ4n) is 3.43. The molecule has 148 valence electrons. The number of carbonyl (C=O) groups excluding carboxylic acids is 1. The molecule has 1 aliphatic rings. The molecule has 1 saturated carbocycles. The summed E-state index contributed by atoms with van der Waals surface area (Å²) < 4.78 is 11.8. The largest absolute Gasteiger partial charge is 0.441 e. The van der Waals surface area contributed by atoms with Gasteiger partial charge in [0.05, 0.1) is 24.3 Å². The summed E-state index contributed by atoms with van der Waals surface area (Å²) in [6.45, 7) is 7.03. The molecule has 2 aromatic rings. The summed E-state index contributed by atoms with van der Waals surface area (Å²) >= 11 is 1.60. The van der Waals surface area contributed by atoms with Gasteiger partial charge in [0.15, 0.2) is 0 Å². The van der Waals surface area contributed by atoms with Crippen molar-refractivity contribution >= 4 is 17.2 Å². The Morgan fingerprint density at radius 2 is 2.22 bits per heavy atom. The molecule has 1 aliphatic carbocycles. The number of rotatable bonds is 8. The molecule has 2 aromatic heterocycles. The zero-order valence-corrected chi connectivity index (χ0v) is 17.3. The van der Waals surface area contributed by atoms with Gasteiger partial charge in [-0.1, -0.05) is 26.7 Å². The van der Waals surface area contributed by atoms with E-state index >= 15 is 0 Å². The lowest BCUT2D eigenvalue weighted by molar-refractivity contribution is -0.123. The van der Waals surface area contributed by atoms with Crippen LogP contribution in [0.5, 0.6) is 0 Å². The number of hydrogen-bond donors (Lipinski definition) is 1. The Hall–Kier alpha value is -1.66. The summed E-state index contributed by atoms with van der Waals surface area (Å²) in [5.41, 5.74) is 1.67. The van der Waals surface area contributed by atoms with Gasteiger partial charge in [0, 0.05) is 17.6 Å². The molecule has 0 aliphatic heterocycles. The van der Waals surface area contributed by atoms with Crippen LogP contribution in [0, 0.1) is 12.8 Å². The maximum absolute atomic E-state index is 12.6. The highest BCUT2D eigenvalue weighted by Crippen LogP contribution is 2.25. The van der Waals surface area contributed by atoms with E-state index in [0.29, 0.717) is 23.3 Å². The van der Waals surface area contributed by atoms with Gasteiger partial charge >= 0.3 is 0 Å². The van der Waals surface area contributed by atoms with Crippen molar-refractivity contribution in [2.24, 2.45) is 5.92 Å². The first-order valence-corrected chi connectivity index (χ1v) is 10.9. The van der Waals surface area contributed by atoms with E-state index in [-0.39, 0.29) is 24.5 Å². The number of ether oxygens (including phenoxy) is 1. The van der Waals surface area contributed by atoms with Gasteiger partial charge in [0.25, 0.3) is 0 Å². The molecular weight excluding hydrogens is 360 g/mol. The smallest absolute Gasteiger partial charge is 0.227 e. The van der Waals surface area contributed by atoms with Crippen molar-refractivity contribution in [1.29, 1.82) is 0 Å². The maximum Gasteiger partial charge on any atom is 0.227 e. The van der Waals surface area contributed by atoms with E-state index in [0.717, 1.165) is 37.9 Å². The number of nitrogens with one attached hydrogen (secondary N) is 1. The van der Waals surface area contributed by atoms with Gasteiger partial charge in [-0.3, -0.25) is 4.79 Å². The number of oxazole rings is 1. The van der Waals surface area contributed by atoms with Crippen LogP contribution in [0.2, 0.25) is 0 Å². The molecule has 0 unspecified atom stereocenters. The van der Waals surface area contributed by atoms with Crippen LogP contribution < -0.4 is 5.32 Å². The van der Waals surface area contributed by atoms with E-state index in [4.69, 9.17) is 9.15 Å². The minimum atomic E-state index is -0.00683. The number of nitrogens with zero attached hydrogens (tertiary/aromatic N) is 1. The number of aromatic nitrogens is 1. The van der Waals surface area contributed by atoms with E-state index in [1.165, 1.54) is 6.42 Å². The topological polar surface area (TPSA) is 64.4 Å². The Bertz CT molecular complexity index is 724. The van der Waals surface area contributed by atoms with Crippen LogP contribution in [0.4, 0.5) is 0 Å². The second-order valence-corrected chi connectivity index (χ2v) is 8.54. The Balaban J connectivity index is 1.56. The Labute approximate surface area is 165 Å². The molecule has 1 amide bonds. The molecule has 1 fully saturated rings. The normalized spacial score (nSPS) is 20.1. The average Bonchev–Trinajstić information content (AvgIpc) is 3.26. The third-order valence-electron chi connectivity index (χ3n) is 5.06. The van der Waals surface area contributed by atoms with Crippen LogP contribution in [0.1, 0.15) is 57.4 Å². The minimum absolute atomic E-state index is 0.00683. The predicted molar refractivity (Wildman–Crippen MR) is 108 cm³/mol. The quantitative estimate of drug-likeness (QED) is 0.707. The standard InChI is InChI=1S/C21H30N2O3S/c1-14(2)8-10-25-19-7-5-4-6-17(19)22-20(24)12-18-15(3)26-21(23-18)16-9-11-27-13-16/h9,11,13-14,17,19H,4-8,10,12H2,1-3H3,(H,22,24)/t17-,19-/m0/s1. The van der Waals surface area contributed by atoms with E-state index in [9.17, 15) is 4.79 Å². The number of hydrogen-bond acceptors (Lipinski definition) is 5. The molecule has 0 spiro atoms. The fourth-order valence-corrected chi connectivity index (χ4v) is 4.06. The van der Waals surface area contributed by atoms with Crippen LogP contribution in [-0.2, 0) is 16.0 Å². The van der Waals surface area contributed by atoms with Crippen molar-refractivity contribution in [3.8, 4) is 11.5 Å². The van der Waals surface area contributed by atoms with Gasteiger partial charge in [0.2, 0.25) is 11.8 Å². The van der Waals surface area contributed by atoms with Crippen molar-refractivity contribution in [3.05, 3.63) is 28.3 Å². The van der Waals surface area contributed by atoms with Crippen molar-refractivity contribution in [2.45, 2.75) is 71.4 Å². The molecule has 6 heteroatoms. The number of thiophene rings is 1. The van der Waals surface area contributed by atoms with Gasteiger partial charge in [-0.05, 0) is 43.6 Å². The van der Waals surface area contributed by atoms with Gasteiger partial charge in [0.1, 0.15) is 5.76 Å². The number of carbonyl (C=O) groups is 1. The Morgan fingerprint density at radius 3 is 2.96 bits per heavy atom. The van der Waals surface area contributed by atoms with Crippen LogP contribution >= 0.6 is 11.3 Å². The van der Waals surface area contributed by atoms with Crippen molar-refractivity contribution in [2.75, 3.05) is 6.61 Å². The number of amides is 1. The maximum atomic E-state index is 12.6. The van der Waals surface area contributed by atoms with E-state index in [1.807, 2.05) is 23.8 Å². The summed E-state index contributed by atoms with van der Waals surface area (Å²) in [5, 5.41) is 7.17. The highest BCUT2D eigenvalue weighted by molar-refractivity contribution is 7.08. The zero-order valence-electron chi connectivity index (χ0n) is 16.5. The lowest BCUT2D eigenvalue weighted by atomic mass is 9.92. The molecule has 0 radical (unpaired) electrons. The van der Waals surface area contributed by atoms with Crippen LogP contribution in [0.25, 0.3) is 11.5 Å². The number of aryl methyl sites for hydroxylation is 1. The average molecular weight is 391 g/mol. The first-order chi connectivity index (χ1) is 13.0. The van der Waals surface area contributed by atoms with Crippen molar-refractivity contribution in [1.82, 2.24) is 10.3 Å². The van der Waals surface area contributed by atoms with Crippen LogP contribution in [0.3, 0.4) is 0 Å². The molecular formula is C21H30N2O3S. The Morgan fingerprint density at radius 1 is 1.41 bits per heavy atom. The summed E-state index contributed by atoms with van der Waals surface area (Å²) in [6.07, 6.45) is 5.74. The van der Waals surface area contributed by atoms with E-state index in [1.54, 1.807) is 11.3 Å². The van der Waals surface area contributed by atoms with Gasteiger partial charge in [-0.25, -0.2) is 4.98 Å². The highest BCUT2D eigenvalue weighted by atomic mass is 32.1. The van der Waals surface area contributed by atoms with E-state index < -0.39 is 0 Å². The lowest BCUT2D eigenvalue weighted by Crippen LogP contribution is -2.47.